The summed E-state index contributed by atoms with van der Waals surface area (Å²) in [6.07, 6.45) is -0.255. The lowest BCUT2D eigenvalue weighted by molar-refractivity contribution is -0.124. The predicted molar refractivity (Wildman–Crippen MR) is 79.3 cm³/mol. The second-order valence-corrected chi connectivity index (χ2v) is 4.71. The third-order valence-corrected chi connectivity index (χ3v) is 3.10. The number of ether oxygens (including phenoxy) is 2. The highest BCUT2D eigenvalue weighted by Crippen LogP contribution is 2.37. The van der Waals surface area contributed by atoms with Crippen LogP contribution in [0.1, 0.15) is 25.8 Å². The molecule has 0 heterocycles. The van der Waals surface area contributed by atoms with Gasteiger partial charge in [0.2, 0.25) is 0 Å². The Kier molecular flexibility index (Phi) is 6.61. The first kappa shape index (κ1) is 16.6. The third-order valence-electron chi connectivity index (χ3n) is 2.82. The minimum Gasteiger partial charge on any atom is -0.493 e. The second kappa shape index (κ2) is 7.97. The fraction of sp³-hybridized carbons (Fsp3) is 0.500. The van der Waals surface area contributed by atoms with Crippen LogP contribution in [0.5, 0.6) is 11.5 Å². The molecule has 1 amide bonds. The molecular weight excluding hydrogens is 280 g/mol. The molecule has 112 valence electrons. The van der Waals surface area contributed by atoms with Crippen LogP contribution in [0.15, 0.2) is 12.1 Å². The molecule has 0 fully saturated rings. The number of carbonyl (C=O) groups excluding carboxylic acids is 1. The smallest absolute Gasteiger partial charge is 0.258 e. The van der Waals surface area contributed by atoms with Crippen LogP contribution in [-0.2, 0) is 11.3 Å². The number of carbonyl (C=O) groups is 1. The van der Waals surface area contributed by atoms with Gasteiger partial charge < -0.3 is 20.5 Å². The Hall–Kier alpha value is -1.46. The molecule has 1 aromatic rings. The first-order valence-electron chi connectivity index (χ1n) is 6.56. The number of rotatable bonds is 8. The molecule has 0 aliphatic carbocycles. The highest BCUT2D eigenvalue weighted by Gasteiger charge is 2.20. The Bertz CT molecular complexity index is 466. The molecule has 0 radical (unpaired) electrons. The van der Waals surface area contributed by atoms with Gasteiger partial charge in [0.05, 0.1) is 12.1 Å². The van der Waals surface area contributed by atoms with Crippen LogP contribution < -0.4 is 20.5 Å². The molecular formula is C14H21ClN2O3. The maximum absolute atomic E-state index is 11.3. The zero-order valence-electron chi connectivity index (χ0n) is 12.0. The average Bonchev–Trinajstić information content (AvgIpc) is 2.42. The summed E-state index contributed by atoms with van der Waals surface area (Å²) in [7, 11) is 1.53. The van der Waals surface area contributed by atoms with Crippen LogP contribution in [0.2, 0.25) is 5.02 Å². The fourth-order valence-electron chi connectivity index (χ4n) is 1.74. The normalized spacial score (nSPS) is 12.0. The SMILES string of the molecule is CCNCc1cc(Cl)c(OC(CC)C(N)=O)c(OC)c1. The molecule has 1 atom stereocenters. The number of nitrogens with two attached hydrogens (primary N) is 1. The van der Waals surface area contributed by atoms with E-state index in [1.54, 1.807) is 6.07 Å². The summed E-state index contributed by atoms with van der Waals surface area (Å²) in [5.41, 5.74) is 6.25. The standard InChI is InChI=1S/C14H21ClN2O3/c1-4-11(14(16)18)20-13-10(15)6-9(8-17-5-2)7-12(13)19-3/h6-7,11,17H,4-5,8H2,1-3H3,(H2,16,18). The summed E-state index contributed by atoms with van der Waals surface area (Å²) < 4.78 is 10.9. The summed E-state index contributed by atoms with van der Waals surface area (Å²) in [5, 5.41) is 3.60. The minimum absolute atomic E-state index is 0.347. The van der Waals surface area contributed by atoms with Crippen molar-refractivity contribution < 1.29 is 14.3 Å². The van der Waals surface area contributed by atoms with Gasteiger partial charge in [-0.1, -0.05) is 25.4 Å². The number of hydrogen-bond donors (Lipinski definition) is 2. The van der Waals surface area contributed by atoms with Gasteiger partial charge in [-0.25, -0.2) is 0 Å². The summed E-state index contributed by atoms with van der Waals surface area (Å²) in [5.74, 6) is 0.313. The van der Waals surface area contributed by atoms with Crippen LogP contribution in [0, 0.1) is 0 Å². The lowest BCUT2D eigenvalue weighted by atomic mass is 10.2. The van der Waals surface area contributed by atoms with E-state index in [0.29, 0.717) is 29.5 Å². The molecule has 1 unspecified atom stereocenters. The van der Waals surface area contributed by atoms with Crippen molar-refractivity contribution in [2.45, 2.75) is 32.9 Å². The van der Waals surface area contributed by atoms with Gasteiger partial charge in [-0.2, -0.15) is 0 Å². The molecule has 0 aromatic heterocycles. The van der Waals surface area contributed by atoms with Crippen LogP contribution in [0.4, 0.5) is 0 Å². The molecule has 0 aliphatic heterocycles. The van der Waals surface area contributed by atoms with Crippen LogP contribution >= 0.6 is 11.6 Å². The number of nitrogens with one attached hydrogen (secondary N) is 1. The summed E-state index contributed by atoms with van der Waals surface area (Å²) in [6, 6.07) is 3.62. The maximum atomic E-state index is 11.3. The van der Waals surface area contributed by atoms with Crippen LogP contribution in [-0.4, -0.2) is 25.7 Å². The molecule has 0 bridgehead atoms. The highest BCUT2D eigenvalue weighted by molar-refractivity contribution is 6.32. The monoisotopic (exact) mass is 300 g/mol. The van der Waals surface area contributed by atoms with Gasteiger partial charge in [0.1, 0.15) is 0 Å². The Morgan fingerprint density at radius 2 is 2.15 bits per heavy atom. The fourth-order valence-corrected chi connectivity index (χ4v) is 2.02. The average molecular weight is 301 g/mol. The number of amides is 1. The van der Waals surface area contributed by atoms with Gasteiger partial charge in [-0.15, -0.1) is 0 Å². The van der Waals surface area contributed by atoms with E-state index in [2.05, 4.69) is 5.32 Å². The van der Waals surface area contributed by atoms with Crippen molar-refractivity contribution in [3.8, 4) is 11.5 Å². The van der Waals surface area contributed by atoms with E-state index in [1.807, 2.05) is 19.9 Å². The van der Waals surface area contributed by atoms with Crippen molar-refractivity contribution in [2.75, 3.05) is 13.7 Å². The third kappa shape index (κ3) is 4.28. The molecule has 3 N–H and O–H groups in total. The summed E-state index contributed by atoms with van der Waals surface area (Å²) >= 11 is 6.21. The van der Waals surface area contributed by atoms with E-state index in [-0.39, 0.29) is 0 Å². The first-order chi connectivity index (χ1) is 9.53. The summed E-state index contributed by atoms with van der Waals surface area (Å²) in [4.78, 5) is 11.3. The molecule has 0 saturated carbocycles. The number of benzene rings is 1. The van der Waals surface area contributed by atoms with Crippen LogP contribution in [0.3, 0.4) is 0 Å². The summed E-state index contributed by atoms with van der Waals surface area (Å²) in [6.45, 7) is 5.38. The van der Waals surface area contributed by atoms with E-state index in [0.717, 1.165) is 12.1 Å². The van der Waals surface area contributed by atoms with E-state index in [4.69, 9.17) is 26.8 Å². The highest BCUT2D eigenvalue weighted by atomic mass is 35.5. The topological polar surface area (TPSA) is 73.6 Å². The van der Waals surface area contributed by atoms with Gasteiger partial charge >= 0.3 is 0 Å². The Balaban J connectivity index is 3.03. The number of halogens is 1. The zero-order chi connectivity index (χ0) is 15.1. The van der Waals surface area contributed by atoms with Gasteiger partial charge in [0, 0.05) is 6.54 Å². The molecule has 1 aromatic carbocycles. The number of hydrogen-bond acceptors (Lipinski definition) is 4. The molecule has 5 nitrogen and oxygen atoms in total. The maximum Gasteiger partial charge on any atom is 0.258 e. The molecule has 0 saturated heterocycles. The second-order valence-electron chi connectivity index (χ2n) is 4.31. The minimum atomic E-state index is -0.721. The number of methoxy groups -OCH3 is 1. The van der Waals surface area contributed by atoms with Gasteiger partial charge in [-0.05, 0) is 30.7 Å². The van der Waals surface area contributed by atoms with Crippen molar-refractivity contribution >= 4 is 17.5 Å². The van der Waals surface area contributed by atoms with E-state index in [9.17, 15) is 4.79 Å². The molecule has 0 aliphatic rings. The van der Waals surface area contributed by atoms with Crippen molar-refractivity contribution in [2.24, 2.45) is 5.73 Å². The van der Waals surface area contributed by atoms with E-state index in [1.165, 1.54) is 7.11 Å². The van der Waals surface area contributed by atoms with Crippen molar-refractivity contribution in [1.82, 2.24) is 5.32 Å². The van der Waals surface area contributed by atoms with Crippen LogP contribution in [0.25, 0.3) is 0 Å². The quantitative estimate of drug-likeness (QED) is 0.771. The van der Waals surface area contributed by atoms with E-state index >= 15 is 0 Å². The van der Waals surface area contributed by atoms with Crippen molar-refractivity contribution in [3.05, 3.63) is 22.7 Å². The Morgan fingerprint density at radius 1 is 1.45 bits per heavy atom. The molecule has 1 rings (SSSR count). The molecule has 0 spiro atoms. The molecule has 6 heteroatoms. The van der Waals surface area contributed by atoms with Crippen molar-refractivity contribution in [3.63, 3.8) is 0 Å². The van der Waals surface area contributed by atoms with Crippen molar-refractivity contribution in [1.29, 1.82) is 0 Å². The predicted octanol–water partition coefficient (Wildman–Crippen LogP) is 2.10. The number of primary amides is 1. The zero-order valence-corrected chi connectivity index (χ0v) is 12.8. The lowest BCUT2D eigenvalue weighted by Gasteiger charge is -2.18. The van der Waals surface area contributed by atoms with Gasteiger partial charge in [0.25, 0.3) is 5.91 Å². The first-order valence-corrected chi connectivity index (χ1v) is 6.94. The Labute approximate surface area is 124 Å². The van der Waals surface area contributed by atoms with Gasteiger partial charge in [0.15, 0.2) is 17.6 Å². The lowest BCUT2D eigenvalue weighted by Crippen LogP contribution is -2.33. The Morgan fingerprint density at radius 3 is 2.65 bits per heavy atom. The van der Waals surface area contributed by atoms with E-state index < -0.39 is 12.0 Å². The molecule has 20 heavy (non-hydrogen) atoms. The van der Waals surface area contributed by atoms with Gasteiger partial charge in [-0.3, -0.25) is 4.79 Å². The largest absolute Gasteiger partial charge is 0.493 e.